The molecule has 2 rings (SSSR count). The van der Waals surface area contributed by atoms with Gasteiger partial charge >= 0.3 is 0 Å². The maximum atomic E-state index is 4.42. The minimum atomic E-state index is 0. The normalized spacial score (nSPS) is 16.5. The van der Waals surface area contributed by atoms with E-state index in [4.69, 9.17) is 0 Å². The average molecular weight is 445 g/mol. The topological polar surface area (TPSA) is 52.5 Å². The van der Waals surface area contributed by atoms with E-state index in [1.54, 1.807) is 0 Å². The summed E-state index contributed by atoms with van der Waals surface area (Å²) < 4.78 is 0. The van der Waals surface area contributed by atoms with Crippen LogP contribution in [0.2, 0.25) is 0 Å². The smallest absolute Gasteiger partial charge is 0.191 e. The highest BCUT2D eigenvalue weighted by atomic mass is 127. The number of likely N-dealkylation sites (tertiary alicyclic amines) is 1. The lowest BCUT2D eigenvalue weighted by molar-refractivity contribution is 0.203. The van der Waals surface area contributed by atoms with Crippen LogP contribution in [0.4, 0.5) is 0 Å². The molecular weight excluding hydrogens is 413 g/mol. The number of pyridine rings is 1. The number of rotatable bonds is 6. The largest absolute Gasteiger partial charge is 0.354 e. The van der Waals surface area contributed by atoms with Gasteiger partial charge in [0, 0.05) is 32.4 Å². The highest BCUT2D eigenvalue weighted by Gasteiger charge is 2.19. The van der Waals surface area contributed by atoms with Gasteiger partial charge in [0.2, 0.25) is 0 Å². The van der Waals surface area contributed by atoms with Crippen LogP contribution in [0.25, 0.3) is 0 Å². The van der Waals surface area contributed by atoms with Crippen LogP contribution in [0, 0.1) is 6.92 Å². The fourth-order valence-electron chi connectivity index (χ4n) is 2.94. The van der Waals surface area contributed by atoms with E-state index in [0.29, 0.717) is 12.6 Å². The molecule has 5 nitrogen and oxygen atoms in total. The van der Waals surface area contributed by atoms with Gasteiger partial charge in [-0.3, -0.25) is 9.98 Å². The van der Waals surface area contributed by atoms with Gasteiger partial charge in [-0.05, 0) is 44.4 Å². The van der Waals surface area contributed by atoms with E-state index in [-0.39, 0.29) is 24.0 Å². The van der Waals surface area contributed by atoms with Gasteiger partial charge in [0.25, 0.3) is 0 Å². The molecule has 1 aromatic rings. The summed E-state index contributed by atoms with van der Waals surface area (Å²) in [5, 5.41) is 6.94. The molecule has 1 aliphatic rings. The second-order valence-corrected chi connectivity index (χ2v) is 6.31. The van der Waals surface area contributed by atoms with Crippen LogP contribution in [0.5, 0.6) is 0 Å². The van der Waals surface area contributed by atoms with Crippen molar-refractivity contribution in [3.8, 4) is 0 Å². The fourth-order valence-corrected chi connectivity index (χ4v) is 2.94. The van der Waals surface area contributed by atoms with Crippen LogP contribution in [0.3, 0.4) is 0 Å². The van der Waals surface area contributed by atoms with Crippen LogP contribution in [0.15, 0.2) is 23.3 Å². The summed E-state index contributed by atoms with van der Waals surface area (Å²) in [4.78, 5) is 11.3. The lowest BCUT2D eigenvalue weighted by atomic mass is 10.0. The molecule has 0 radical (unpaired) electrons. The Morgan fingerprint density at radius 3 is 2.75 bits per heavy atom. The first-order chi connectivity index (χ1) is 11.2. The number of nitrogens with one attached hydrogen (secondary N) is 2. The zero-order chi connectivity index (χ0) is 16.5. The van der Waals surface area contributed by atoms with Crippen LogP contribution >= 0.6 is 24.0 Å². The van der Waals surface area contributed by atoms with E-state index in [9.17, 15) is 0 Å². The number of aryl methyl sites for hydroxylation is 1. The molecule has 0 unspecified atom stereocenters. The van der Waals surface area contributed by atoms with Crippen LogP contribution < -0.4 is 10.6 Å². The first kappa shape index (κ1) is 21.2. The van der Waals surface area contributed by atoms with Gasteiger partial charge in [0.1, 0.15) is 0 Å². The van der Waals surface area contributed by atoms with Crippen molar-refractivity contribution in [1.82, 2.24) is 20.5 Å². The molecule has 0 spiro atoms. The van der Waals surface area contributed by atoms with E-state index in [1.807, 2.05) is 19.3 Å². The van der Waals surface area contributed by atoms with Gasteiger partial charge in [0.15, 0.2) is 5.96 Å². The standard InChI is InChI=1S/C18H31N5.HI/c1-4-5-11-23-12-8-16(9-13-23)22-18(19-3)21-14-17-15(2)7-6-10-20-17;/h6-7,10,16H,4-5,8-9,11-14H2,1-3H3,(H2,19,21,22);1H. The quantitative estimate of drug-likeness (QED) is 0.402. The van der Waals surface area contributed by atoms with Gasteiger partial charge in [-0.25, -0.2) is 0 Å². The van der Waals surface area contributed by atoms with Crippen molar-refractivity contribution in [2.24, 2.45) is 4.99 Å². The van der Waals surface area contributed by atoms with E-state index in [1.165, 1.54) is 50.9 Å². The number of unbranched alkanes of at least 4 members (excludes halogenated alkanes) is 1. The van der Waals surface area contributed by atoms with E-state index >= 15 is 0 Å². The third-order valence-corrected chi connectivity index (χ3v) is 4.52. The number of aromatic nitrogens is 1. The predicted octanol–water partition coefficient (Wildman–Crippen LogP) is 2.94. The molecule has 0 aromatic carbocycles. The number of hydrogen-bond donors (Lipinski definition) is 2. The summed E-state index contributed by atoms with van der Waals surface area (Å²) in [5.74, 6) is 0.877. The molecule has 1 aromatic heterocycles. The van der Waals surface area contributed by atoms with E-state index in [0.717, 1.165) is 11.7 Å². The lowest BCUT2D eigenvalue weighted by Gasteiger charge is -2.33. The minimum absolute atomic E-state index is 0. The van der Waals surface area contributed by atoms with Gasteiger partial charge < -0.3 is 15.5 Å². The van der Waals surface area contributed by atoms with E-state index in [2.05, 4.69) is 45.4 Å². The molecule has 1 fully saturated rings. The Balaban J connectivity index is 0.00000288. The zero-order valence-electron chi connectivity index (χ0n) is 15.2. The molecule has 0 saturated carbocycles. The molecular formula is C18H32IN5. The molecule has 0 bridgehead atoms. The lowest BCUT2D eigenvalue weighted by Crippen LogP contribution is -2.48. The summed E-state index contributed by atoms with van der Waals surface area (Å²) in [6, 6.07) is 4.58. The summed E-state index contributed by atoms with van der Waals surface area (Å²) >= 11 is 0. The molecule has 0 amide bonds. The second kappa shape index (κ2) is 11.6. The molecule has 2 N–H and O–H groups in total. The van der Waals surface area contributed by atoms with Crippen LogP contribution in [-0.2, 0) is 6.54 Å². The molecule has 0 aliphatic carbocycles. The van der Waals surface area contributed by atoms with Crippen molar-refractivity contribution in [3.63, 3.8) is 0 Å². The highest BCUT2D eigenvalue weighted by Crippen LogP contribution is 2.11. The van der Waals surface area contributed by atoms with Crippen molar-refractivity contribution < 1.29 is 0 Å². The highest BCUT2D eigenvalue weighted by molar-refractivity contribution is 14.0. The maximum absolute atomic E-state index is 4.42. The van der Waals surface area contributed by atoms with E-state index < -0.39 is 0 Å². The van der Waals surface area contributed by atoms with Crippen molar-refractivity contribution in [2.75, 3.05) is 26.7 Å². The number of hydrogen-bond acceptors (Lipinski definition) is 3. The van der Waals surface area contributed by atoms with Crippen molar-refractivity contribution in [3.05, 3.63) is 29.6 Å². The number of piperidine rings is 1. The Morgan fingerprint density at radius 1 is 1.38 bits per heavy atom. The number of aliphatic imine (C=N–C) groups is 1. The summed E-state index contributed by atoms with van der Waals surface area (Å²) in [6.07, 6.45) is 6.80. The van der Waals surface area contributed by atoms with Crippen molar-refractivity contribution >= 4 is 29.9 Å². The predicted molar refractivity (Wildman–Crippen MR) is 112 cm³/mol. The Hall–Kier alpha value is -0.890. The Kier molecular flexibility index (Phi) is 10.2. The van der Waals surface area contributed by atoms with Crippen LogP contribution in [-0.4, -0.2) is 48.6 Å². The first-order valence-electron chi connectivity index (χ1n) is 8.83. The van der Waals surface area contributed by atoms with Gasteiger partial charge in [0.05, 0.1) is 12.2 Å². The Labute approximate surface area is 163 Å². The third kappa shape index (κ3) is 6.93. The zero-order valence-corrected chi connectivity index (χ0v) is 17.5. The third-order valence-electron chi connectivity index (χ3n) is 4.52. The Bertz CT molecular complexity index is 498. The first-order valence-corrected chi connectivity index (χ1v) is 8.83. The average Bonchev–Trinajstić information content (AvgIpc) is 2.59. The Morgan fingerprint density at radius 2 is 2.12 bits per heavy atom. The fraction of sp³-hybridized carbons (Fsp3) is 0.667. The summed E-state index contributed by atoms with van der Waals surface area (Å²) in [7, 11) is 1.83. The molecule has 0 atom stereocenters. The number of nitrogens with zero attached hydrogens (tertiary/aromatic N) is 3. The molecule has 136 valence electrons. The molecule has 1 aliphatic heterocycles. The second-order valence-electron chi connectivity index (χ2n) is 6.31. The van der Waals surface area contributed by atoms with Crippen LogP contribution in [0.1, 0.15) is 43.9 Å². The van der Waals surface area contributed by atoms with Gasteiger partial charge in [-0.15, -0.1) is 24.0 Å². The summed E-state index contributed by atoms with van der Waals surface area (Å²) in [5.41, 5.74) is 2.28. The monoisotopic (exact) mass is 445 g/mol. The molecule has 2 heterocycles. The minimum Gasteiger partial charge on any atom is -0.354 e. The SMILES string of the molecule is CCCCN1CCC(NC(=NC)NCc2ncccc2C)CC1.I. The number of halogens is 1. The molecule has 6 heteroatoms. The summed E-state index contributed by atoms with van der Waals surface area (Å²) in [6.45, 7) is 8.68. The maximum Gasteiger partial charge on any atom is 0.191 e. The van der Waals surface area contributed by atoms with Crippen molar-refractivity contribution in [2.45, 2.75) is 52.1 Å². The number of guanidine groups is 1. The molecule has 1 saturated heterocycles. The van der Waals surface area contributed by atoms with Crippen molar-refractivity contribution in [1.29, 1.82) is 0 Å². The molecule has 24 heavy (non-hydrogen) atoms. The van der Waals surface area contributed by atoms with Gasteiger partial charge in [-0.1, -0.05) is 19.4 Å². The van der Waals surface area contributed by atoms with Gasteiger partial charge in [-0.2, -0.15) is 0 Å².